The van der Waals surface area contributed by atoms with Crippen molar-refractivity contribution in [2.45, 2.75) is 39.7 Å². The fourth-order valence-electron chi connectivity index (χ4n) is 2.80. The van der Waals surface area contributed by atoms with Gasteiger partial charge in [0.25, 0.3) is 0 Å². The summed E-state index contributed by atoms with van der Waals surface area (Å²) in [6.45, 7) is 5.49. The maximum atomic E-state index is 12.3. The first-order valence-electron chi connectivity index (χ1n) is 8.43. The summed E-state index contributed by atoms with van der Waals surface area (Å²) in [5, 5.41) is 12.6. The van der Waals surface area contributed by atoms with Crippen LogP contribution in [0.5, 0.6) is 5.75 Å². The molecule has 0 radical (unpaired) electrons. The predicted octanol–water partition coefficient (Wildman–Crippen LogP) is 3.60. The third-order valence-electron chi connectivity index (χ3n) is 4.05. The summed E-state index contributed by atoms with van der Waals surface area (Å²) in [7, 11) is 1.64. The Morgan fingerprint density at radius 3 is 2.62 bits per heavy atom. The van der Waals surface area contributed by atoms with E-state index in [1.165, 1.54) is 0 Å². The summed E-state index contributed by atoms with van der Waals surface area (Å²) in [4.78, 5) is 27.9. The second-order valence-electron chi connectivity index (χ2n) is 6.39. The van der Waals surface area contributed by atoms with Crippen molar-refractivity contribution in [1.82, 2.24) is 10.3 Å². The zero-order valence-corrected chi connectivity index (χ0v) is 16.2. The average Bonchev–Trinajstić information content (AvgIpc) is 2.97. The SMILES string of the molecule is COc1ccccc1CC(C)CC(=O)NC(C)c1nc(C)c(C(=O)O)s1. The summed E-state index contributed by atoms with van der Waals surface area (Å²) in [6, 6.07) is 7.47. The Bertz CT molecular complexity index is 788. The number of methoxy groups -OCH3 is 1. The van der Waals surface area contributed by atoms with Crippen molar-refractivity contribution in [3.63, 3.8) is 0 Å². The second kappa shape index (κ2) is 8.80. The molecule has 7 heteroatoms. The van der Waals surface area contributed by atoms with E-state index < -0.39 is 5.97 Å². The highest BCUT2D eigenvalue weighted by molar-refractivity contribution is 7.13. The maximum absolute atomic E-state index is 12.3. The molecule has 0 fully saturated rings. The molecule has 26 heavy (non-hydrogen) atoms. The minimum Gasteiger partial charge on any atom is -0.496 e. The van der Waals surface area contributed by atoms with Crippen molar-refractivity contribution < 1.29 is 19.4 Å². The predicted molar refractivity (Wildman–Crippen MR) is 101 cm³/mol. The molecule has 1 aromatic carbocycles. The van der Waals surface area contributed by atoms with Crippen molar-refractivity contribution in [1.29, 1.82) is 0 Å². The fourth-order valence-corrected chi connectivity index (χ4v) is 3.71. The molecule has 0 aliphatic heterocycles. The van der Waals surface area contributed by atoms with Gasteiger partial charge in [0.05, 0.1) is 18.8 Å². The summed E-state index contributed by atoms with van der Waals surface area (Å²) in [6.07, 6.45) is 1.11. The first-order chi connectivity index (χ1) is 12.3. The number of hydrogen-bond donors (Lipinski definition) is 2. The number of aromatic nitrogens is 1. The highest BCUT2D eigenvalue weighted by Crippen LogP contribution is 2.25. The van der Waals surface area contributed by atoms with Gasteiger partial charge in [-0.25, -0.2) is 9.78 Å². The Balaban J connectivity index is 1.93. The molecule has 2 atom stereocenters. The number of carbonyl (C=O) groups is 2. The van der Waals surface area contributed by atoms with E-state index in [0.29, 0.717) is 17.1 Å². The maximum Gasteiger partial charge on any atom is 0.347 e. The largest absolute Gasteiger partial charge is 0.496 e. The average molecular weight is 376 g/mol. The quantitative estimate of drug-likeness (QED) is 0.735. The van der Waals surface area contributed by atoms with Crippen LogP contribution in [0.2, 0.25) is 0 Å². The molecule has 1 heterocycles. The Kier molecular flexibility index (Phi) is 6.74. The lowest BCUT2D eigenvalue weighted by Crippen LogP contribution is -2.28. The van der Waals surface area contributed by atoms with Crippen LogP contribution in [-0.2, 0) is 11.2 Å². The molecule has 2 N–H and O–H groups in total. The standard InChI is InChI=1S/C19H24N2O4S/c1-11(9-14-7-5-6-8-15(14)25-4)10-16(22)20-13(3)18-21-12(2)17(26-18)19(23)24/h5-8,11,13H,9-10H2,1-4H3,(H,20,22)(H,23,24). The van der Waals surface area contributed by atoms with E-state index in [-0.39, 0.29) is 22.7 Å². The normalized spacial score (nSPS) is 13.1. The lowest BCUT2D eigenvalue weighted by atomic mass is 9.97. The van der Waals surface area contributed by atoms with Crippen LogP contribution in [0.3, 0.4) is 0 Å². The fraction of sp³-hybridized carbons (Fsp3) is 0.421. The molecule has 6 nitrogen and oxygen atoms in total. The van der Waals surface area contributed by atoms with Gasteiger partial charge in [0.1, 0.15) is 15.6 Å². The van der Waals surface area contributed by atoms with E-state index in [9.17, 15) is 9.59 Å². The number of ether oxygens (including phenoxy) is 1. The first-order valence-corrected chi connectivity index (χ1v) is 9.25. The summed E-state index contributed by atoms with van der Waals surface area (Å²) in [5.41, 5.74) is 1.55. The van der Waals surface area contributed by atoms with Gasteiger partial charge in [-0.05, 0) is 37.8 Å². The van der Waals surface area contributed by atoms with E-state index >= 15 is 0 Å². The van der Waals surface area contributed by atoms with Gasteiger partial charge >= 0.3 is 5.97 Å². The Labute approximate surface area is 157 Å². The van der Waals surface area contributed by atoms with Crippen LogP contribution in [0.1, 0.15) is 52.2 Å². The zero-order valence-electron chi connectivity index (χ0n) is 15.4. The van der Waals surface area contributed by atoms with Gasteiger partial charge in [-0.1, -0.05) is 25.1 Å². The Morgan fingerprint density at radius 1 is 1.31 bits per heavy atom. The molecular weight excluding hydrogens is 352 g/mol. The van der Waals surface area contributed by atoms with E-state index in [2.05, 4.69) is 10.3 Å². The van der Waals surface area contributed by atoms with Gasteiger partial charge in [0, 0.05) is 6.42 Å². The van der Waals surface area contributed by atoms with E-state index in [4.69, 9.17) is 9.84 Å². The van der Waals surface area contributed by atoms with Crippen LogP contribution in [-0.4, -0.2) is 29.1 Å². The number of carbonyl (C=O) groups excluding carboxylic acids is 1. The minimum atomic E-state index is -0.991. The summed E-state index contributed by atoms with van der Waals surface area (Å²) < 4.78 is 5.35. The van der Waals surface area contributed by atoms with E-state index in [1.54, 1.807) is 14.0 Å². The number of benzene rings is 1. The monoisotopic (exact) mass is 376 g/mol. The molecular formula is C19H24N2O4S. The molecule has 1 amide bonds. The van der Waals surface area contributed by atoms with Crippen molar-refractivity contribution in [3.05, 3.63) is 45.4 Å². The number of para-hydroxylation sites is 1. The molecule has 0 bridgehead atoms. The number of hydrogen-bond acceptors (Lipinski definition) is 5. The molecule has 0 saturated heterocycles. The number of carboxylic acids is 1. The highest BCUT2D eigenvalue weighted by atomic mass is 32.1. The molecule has 140 valence electrons. The number of rotatable bonds is 8. The van der Waals surface area contributed by atoms with Crippen LogP contribution in [0.4, 0.5) is 0 Å². The van der Waals surface area contributed by atoms with Crippen molar-refractivity contribution in [2.75, 3.05) is 7.11 Å². The van der Waals surface area contributed by atoms with Crippen molar-refractivity contribution in [2.24, 2.45) is 5.92 Å². The minimum absolute atomic E-state index is 0.0790. The van der Waals surface area contributed by atoms with Gasteiger partial charge in [0.15, 0.2) is 0 Å². The number of aryl methyl sites for hydroxylation is 1. The lowest BCUT2D eigenvalue weighted by molar-refractivity contribution is -0.122. The molecule has 2 rings (SSSR count). The van der Waals surface area contributed by atoms with Gasteiger partial charge < -0.3 is 15.2 Å². The van der Waals surface area contributed by atoms with E-state index in [0.717, 1.165) is 29.1 Å². The zero-order chi connectivity index (χ0) is 19.3. The van der Waals surface area contributed by atoms with Crippen molar-refractivity contribution in [3.8, 4) is 5.75 Å². The van der Waals surface area contributed by atoms with Crippen LogP contribution >= 0.6 is 11.3 Å². The third kappa shape index (κ3) is 5.05. The molecule has 0 saturated carbocycles. The molecule has 2 aromatic rings. The molecule has 1 aromatic heterocycles. The van der Waals surface area contributed by atoms with Gasteiger partial charge in [-0.2, -0.15) is 0 Å². The first kappa shape index (κ1) is 19.9. The summed E-state index contributed by atoms with van der Waals surface area (Å²) in [5.74, 6) is -0.0986. The number of aromatic carboxylic acids is 1. The number of carboxylic acid groups (broad SMARTS) is 1. The smallest absolute Gasteiger partial charge is 0.347 e. The topological polar surface area (TPSA) is 88.5 Å². The number of amides is 1. The van der Waals surface area contributed by atoms with Crippen LogP contribution in [0, 0.1) is 12.8 Å². The van der Waals surface area contributed by atoms with Gasteiger partial charge in [-0.3, -0.25) is 4.79 Å². The number of thiazole rings is 1. The molecule has 0 aliphatic carbocycles. The Morgan fingerprint density at radius 2 is 2.00 bits per heavy atom. The molecule has 0 spiro atoms. The summed E-state index contributed by atoms with van der Waals surface area (Å²) >= 11 is 1.10. The van der Waals surface area contributed by atoms with Gasteiger partial charge in [0.2, 0.25) is 5.91 Å². The molecule has 0 aliphatic rings. The highest BCUT2D eigenvalue weighted by Gasteiger charge is 2.20. The van der Waals surface area contributed by atoms with Crippen LogP contribution in [0.15, 0.2) is 24.3 Å². The Hall–Kier alpha value is -2.41. The third-order valence-corrected chi connectivity index (χ3v) is 5.38. The lowest BCUT2D eigenvalue weighted by Gasteiger charge is -2.16. The van der Waals surface area contributed by atoms with Crippen LogP contribution in [0.25, 0.3) is 0 Å². The van der Waals surface area contributed by atoms with Crippen molar-refractivity contribution >= 4 is 23.2 Å². The van der Waals surface area contributed by atoms with Crippen LogP contribution < -0.4 is 10.1 Å². The molecule has 2 unspecified atom stereocenters. The second-order valence-corrected chi connectivity index (χ2v) is 7.42. The van der Waals surface area contributed by atoms with Gasteiger partial charge in [-0.15, -0.1) is 11.3 Å². The number of nitrogens with one attached hydrogen (secondary N) is 1. The number of nitrogens with zero attached hydrogens (tertiary/aromatic N) is 1. The van der Waals surface area contributed by atoms with E-state index in [1.807, 2.05) is 38.1 Å².